The van der Waals surface area contributed by atoms with Crippen LogP contribution in [0.25, 0.3) is 22.2 Å². The van der Waals surface area contributed by atoms with E-state index in [1.54, 1.807) is 13.3 Å². The fourth-order valence-electron chi connectivity index (χ4n) is 5.21. The van der Waals surface area contributed by atoms with E-state index in [1.165, 1.54) is 12.4 Å². The Morgan fingerprint density at radius 2 is 1.88 bits per heavy atom. The van der Waals surface area contributed by atoms with Crippen molar-refractivity contribution in [1.29, 1.82) is 5.26 Å². The highest BCUT2D eigenvalue weighted by Crippen LogP contribution is 2.40. The molecule has 0 unspecified atom stereocenters. The van der Waals surface area contributed by atoms with Crippen LogP contribution in [-0.2, 0) is 0 Å². The van der Waals surface area contributed by atoms with Crippen molar-refractivity contribution in [3.8, 4) is 28.8 Å². The number of benzene rings is 1. The molecule has 5 rings (SSSR count). The molecule has 1 aromatic carbocycles. The van der Waals surface area contributed by atoms with E-state index in [0.717, 1.165) is 36.0 Å². The number of hydrogen-bond acceptors (Lipinski definition) is 8. The quantitative estimate of drug-likeness (QED) is 0.237. The van der Waals surface area contributed by atoms with Gasteiger partial charge in [-0.05, 0) is 39.3 Å². The zero-order valence-electron chi connectivity index (χ0n) is 23.0. The Bertz CT molecular complexity index is 1570. The monoisotopic (exact) mass is 579 g/mol. The minimum Gasteiger partial charge on any atom is -0.493 e. The van der Waals surface area contributed by atoms with Crippen LogP contribution in [-0.4, -0.2) is 51.9 Å². The van der Waals surface area contributed by atoms with Crippen LogP contribution in [0.4, 0.5) is 5.82 Å². The first-order valence-electron chi connectivity index (χ1n) is 13.1. The maximum atomic E-state index is 9.98. The van der Waals surface area contributed by atoms with Crippen molar-refractivity contribution >= 4 is 39.9 Å². The average molecular weight is 581 g/mol. The molecular formula is C29H31Cl2N7O2. The van der Waals surface area contributed by atoms with Crippen LogP contribution in [0.15, 0.2) is 36.8 Å². The van der Waals surface area contributed by atoms with Gasteiger partial charge in [0.15, 0.2) is 11.5 Å². The SMILES string of the molecule is CC[C@@H](C)NC1(C)CN(c2ncc(-c3n[nH]c4cc(OC)c(O[C@H](C)c5c(Cl)cncc5Cl)cc34)cc2C#N)C1. The molecule has 1 saturated heterocycles. The van der Waals surface area contributed by atoms with Crippen LogP contribution in [0.5, 0.6) is 11.5 Å². The summed E-state index contributed by atoms with van der Waals surface area (Å²) in [5.74, 6) is 1.70. The maximum absolute atomic E-state index is 9.98. The smallest absolute Gasteiger partial charge is 0.162 e. The van der Waals surface area contributed by atoms with E-state index >= 15 is 0 Å². The van der Waals surface area contributed by atoms with Gasteiger partial charge in [-0.2, -0.15) is 10.4 Å². The van der Waals surface area contributed by atoms with E-state index < -0.39 is 6.10 Å². The zero-order valence-corrected chi connectivity index (χ0v) is 24.6. The van der Waals surface area contributed by atoms with Crippen LogP contribution in [0.2, 0.25) is 10.0 Å². The van der Waals surface area contributed by atoms with Gasteiger partial charge >= 0.3 is 0 Å². The first-order chi connectivity index (χ1) is 19.2. The summed E-state index contributed by atoms with van der Waals surface area (Å²) in [4.78, 5) is 10.8. The largest absolute Gasteiger partial charge is 0.493 e. The minimum absolute atomic E-state index is 0.00177. The predicted molar refractivity (Wildman–Crippen MR) is 157 cm³/mol. The lowest BCUT2D eigenvalue weighted by Gasteiger charge is -2.50. The van der Waals surface area contributed by atoms with Crippen molar-refractivity contribution in [2.75, 3.05) is 25.1 Å². The van der Waals surface area contributed by atoms with Gasteiger partial charge in [-0.25, -0.2) is 4.98 Å². The van der Waals surface area contributed by atoms with Gasteiger partial charge in [0, 0.05) is 60.3 Å². The number of H-pyrrole nitrogens is 1. The maximum Gasteiger partial charge on any atom is 0.162 e. The van der Waals surface area contributed by atoms with Gasteiger partial charge in [0.25, 0.3) is 0 Å². The number of fused-ring (bicyclic) bond motifs is 1. The minimum atomic E-state index is -0.479. The third-order valence-corrected chi connectivity index (χ3v) is 7.90. The van der Waals surface area contributed by atoms with E-state index in [0.29, 0.717) is 50.2 Å². The highest BCUT2D eigenvalue weighted by molar-refractivity contribution is 6.35. The molecule has 2 N–H and O–H groups in total. The van der Waals surface area contributed by atoms with E-state index in [9.17, 15) is 5.26 Å². The molecule has 0 spiro atoms. The zero-order chi connectivity index (χ0) is 28.6. The van der Waals surface area contributed by atoms with Crippen molar-refractivity contribution in [3.63, 3.8) is 0 Å². The summed E-state index contributed by atoms with van der Waals surface area (Å²) in [6.45, 7) is 9.99. The summed E-state index contributed by atoms with van der Waals surface area (Å²) >= 11 is 12.7. The van der Waals surface area contributed by atoms with Gasteiger partial charge < -0.3 is 19.7 Å². The second-order valence-corrected chi connectivity index (χ2v) is 11.3. The number of rotatable bonds is 9. The van der Waals surface area contributed by atoms with Crippen molar-refractivity contribution in [2.24, 2.45) is 0 Å². The lowest BCUT2D eigenvalue weighted by atomic mass is 9.90. The van der Waals surface area contributed by atoms with Crippen molar-refractivity contribution in [2.45, 2.75) is 51.8 Å². The number of halogens is 2. The lowest BCUT2D eigenvalue weighted by molar-refractivity contribution is 0.216. The van der Waals surface area contributed by atoms with Crippen LogP contribution >= 0.6 is 23.2 Å². The van der Waals surface area contributed by atoms with Crippen LogP contribution in [0.3, 0.4) is 0 Å². The second kappa shape index (κ2) is 11.1. The van der Waals surface area contributed by atoms with Crippen LogP contribution < -0.4 is 19.7 Å². The molecule has 1 fully saturated rings. The highest BCUT2D eigenvalue weighted by Gasteiger charge is 2.40. The summed E-state index contributed by atoms with van der Waals surface area (Å²) in [6.07, 6.45) is 5.40. The van der Waals surface area contributed by atoms with Gasteiger partial charge in [0.2, 0.25) is 0 Å². The molecule has 0 bridgehead atoms. The molecule has 4 aromatic rings. The second-order valence-electron chi connectivity index (χ2n) is 10.5. The molecule has 11 heteroatoms. The molecule has 3 aromatic heterocycles. The van der Waals surface area contributed by atoms with Gasteiger partial charge in [0.05, 0.1) is 33.8 Å². The van der Waals surface area contributed by atoms with E-state index in [2.05, 4.69) is 52.2 Å². The molecule has 9 nitrogen and oxygen atoms in total. The molecule has 2 atom stereocenters. The molecule has 208 valence electrons. The third kappa shape index (κ3) is 5.27. The van der Waals surface area contributed by atoms with E-state index in [4.69, 9.17) is 37.7 Å². The fraction of sp³-hybridized carbons (Fsp3) is 0.379. The summed E-state index contributed by atoms with van der Waals surface area (Å²) in [6, 6.07) is 8.26. The molecule has 0 aliphatic carbocycles. The van der Waals surface area contributed by atoms with Gasteiger partial charge in [-0.1, -0.05) is 30.1 Å². The summed E-state index contributed by atoms with van der Waals surface area (Å²) in [7, 11) is 1.57. The number of pyridine rings is 2. The topological polar surface area (TPSA) is 112 Å². The molecule has 1 aliphatic heterocycles. The van der Waals surface area contributed by atoms with Crippen molar-refractivity contribution < 1.29 is 9.47 Å². The Labute approximate surface area is 243 Å². The fourth-order valence-corrected chi connectivity index (χ4v) is 5.88. The van der Waals surface area contributed by atoms with Gasteiger partial charge in [-0.3, -0.25) is 10.1 Å². The Balaban J connectivity index is 1.45. The Hall–Kier alpha value is -3.58. The molecule has 40 heavy (non-hydrogen) atoms. The number of nitrogens with zero attached hydrogens (tertiary/aromatic N) is 5. The summed E-state index contributed by atoms with van der Waals surface area (Å²) in [5.41, 5.74) is 3.25. The average Bonchev–Trinajstić information content (AvgIpc) is 3.33. The number of anilines is 1. The summed E-state index contributed by atoms with van der Waals surface area (Å²) in [5, 5.41) is 22.9. The normalized spacial score (nSPS) is 15.8. The first-order valence-corrected chi connectivity index (χ1v) is 13.9. The number of aromatic nitrogens is 4. The number of nitrogens with one attached hydrogen (secondary N) is 2. The Morgan fingerprint density at radius 3 is 2.52 bits per heavy atom. The molecular weight excluding hydrogens is 549 g/mol. The molecule has 0 saturated carbocycles. The molecule has 0 radical (unpaired) electrons. The van der Waals surface area contributed by atoms with E-state index in [-0.39, 0.29) is 5.54 Å². The Morgan fingerprint density at radius 1 is 1.15 bits per heavy atom. The number of hydrogen-bond donors (Lipinski definition) is 2. The van der Waals surface area contributed by atoms with Gasteiger partial charge in [-0.15, -0.1) is 0 Å². The number of ether oxygens (including phenoxy) is 2. The Kier molecular flexibility index (Phi) is 7.78. The highest BCUT2D eigenvalue weighted by atomic mass is 35.5. The molecule has 0 amide bonds. The van der Waals surface area contributed by atoms with E-state index in [1.807, 2.05) is 25.1 Å². The molecule has 1 aliphatic rings. The number of nitriles is 1. The number of aromatic amines is 1. The third-order valence-electron chi connectivity index (χ3n) is 7.29. The standard InChI is InChI=1S/C29H31Cl2N7O2/c1-6-16(2)35-29(4)14-38(15-29)28-18(10-32)7-19(11-34-28)27-20-8-25(24(39-5)9-23(20)36-37-27)40-17(3)26-21(30)12-33-13-22(26)31/h7-9,11-13,16-17,35H,6,14-15H2,1-5H3,(H,36,37)/t16-,17-/m1/s1. The molecule has 4 heterocycles. The lowest BCUT2D eigenvalue weighted by Crippen LogP contribution is -2.69. The summed E-state index contributed by atoms with van der Waals surface area (Å²) < 4.78 is 11.9. The predicted octanol–water partition coefficient (Wildman–Crippen LogP) is 6.31. The number of methoxy groups -OCH3 is 1. The van der Waals surface area contributed by atoms with Crippen LogP contribution in [0, 0.1) is 11.3 Å². The van der Waals surface area contributed by atoms with Crippen molar-refractivity contribution in [3.05, 3.63) is 58.0 Å². The van der Waals surface area contributed by atoms with Crippen LogP contribution in [0.1, 0.15) is 51.3 Å². The van der Waals surface area contributed by atoms with Crippen molar-refractivity contribution in [1.82, 2.24) is 25.5 Å². The first kappa shape index (κ1) is 28.0. The van der Waals surface area contributed by atoms with Gasteiger partial charge in [0.1, 0.15) is 23.7 Å².